The number of benzene rings is 2. The van der Waals surface area contributed by atoms with Crippen molar-refractivity contribution in [1.29, 1.82) is 0 Å². The number of alkyl halides is 3. The molecule has 0 fully saturated rings. The molecule has 0 aliphatic carbocycles. The summed E-state index contributed by atoms with van der Waals surface area (Å²) in [7, 11) is 1.42. The Morgan fingerprint density at radius 1 is 0.913 bits per heavy atom. The van der Waals surface area contributed by atoms with E-state index in [1.54, 1.807) is 48.7 Å². The van der Waals surface area contributed by atoms with Crippen LogP contribution >= 0.6 is 0 Å². The van der Waals surface area contributed by atoms with E-state index in [-0.39, 0.29) is 23.7 Å². The average Bonchev–Trinajstić information content (AvgIpc) is 2.99. The normalized spacial score (nSPS) is 11.5. The van der Waals surface area contributed by atoms with Gasteiger partial charge in [-0.1, -0.05) is 24.3 Å². The second-order valence-electron chi connectivity index (χ2n) is 11.1. The number of halogens is 3. The Labute approximate surface area is 263 Å². The molecular weight excluding hydrogens is 603 g/mol. The Morgan fingerprint density at radius 3 is 2.28 bits per heavy atom. The predicted molar refractivity (Wildman–Crippen MR) is 167 cm³/mol. The number of aromatic nitrogens is 4. The molecule has 0 unspecified atom stereocenters. The van der Waals surface area contributed by atoms with Crippen molar-refractivity contribution in [2.45, 2.75) is 45.5 Å². The third kappa shape index (κ3) is 8.80. The molecule has 5 N–H and O–H groups in total. The van der Waals surface area contributed by atoms with Crippen LogP contribution in [0.1, 0.15) is 48.0 Å². The van der Waals surface area contributed by atoms with Crippen LogP contribution in [0.15, 0.2) is 67.0 Å². The molecule has 0 aliphatic rings. The number of para-hydroxylation sites is 1. The summed E-state index contributed by atoms with van der Waals surface area (Å²) in [4.78, 5) is 41.8. The van der Waals surface area contributed by atoms with E-state index in [0.717, 1.165) is 5.56 Å². The molecule has 0 saturated carbocycles. The van der Waals surface area contributed by atoms with Gasteiger partial charge in [-0.2, -0.15) is 18.2 Å². The summed E-state index contributed by atoms with van der Waals surface area (Å²) < 4.78 is 41.3. The Balaban J connectivity index is 1.42. The van der Waals surface area contributed by atoms with Gasteiger partial charge < -0.3 is 31.3 Å². The van der Waals surface area contributed by atoms with Crippen molar-refractivity contribution < 1.29 is 27.9 Å². The molecule has 2 amide bonds. The fourth-order valence-corrected chi connectivity index (χ4v) is 4.38. The van der Waals surface area contributed by atoms with E-state index in [1.807, 2.05) is 20.8 Å². The van der Waals surface area contributed by atoms with Gasteiger partial charge in [0.1, 0.15) is 11.4 Å². The number of nitrogens with zero attached hydrogens (tertiary/aromatic N) is 5. The molecule has 0 atom stereocenters. The van der Waals surface area contributed by atoms with Crippen LogP contribution in [0.2, 0.25) is 0 Å². The van der Waals surface area contributed by atoms with Crippen LogP contribution in [0.25, 0.3) is 0 Å². The van der Waals surface area contributed by atoms with Crippen molar-refractivity contribution in [1.82, 2.24) is 30.2 Å². The molecule has 0 bridgehead atoms. The molecule has 15 heteroatoms. The lowest BCUT2D eigenvalue weighted by molar-refractivity contribution is -0.137. The van der Waals surface area contributed by atoms with Crippen molar-refractivity contribution in [2.75, 3.05) is 29.5 Å². The van der Waals surface area contributed by atoms with E-state index in [9.17, 15) is 27.9 Å². The molecule has 2 heterocycles. The zero-order valence-electron chi connectivity index (χ0n) is 25.6. The number of nitrogens with one attached hydrogen (secondary N) is 4. The number of hydrogen-bond acceptors (Lipinski definition) is 9. The van der Waals surface area contributed by atoms with Crippen molar-refractivity contribution in [3.63, 3.8) is 0 Å². The Hall–Kier alpha value is -5.47. The quantitative estimate of drug-likeness (QED) is 0.131. The van der Waals surface area contributed by atoms with E-state index in [0.29, 0.717) is 36.5 Å². The second kappa shape index (κ2) is 14.1. The van der Waals surface area contributed by atoms with Crippen LogP contribution in [-0.4, -0.2) is 61.1 Å². The summed E-state index contributed by atoms with van der Waals surface area (Å²) in [6.07, 6.45) is -3.04. The molecule has 0 saturated heterocycles. The molecule has 0 radical (unpaired) electrons. The first kappa shape index (κ1) is 33.4. The number of carboxylic acid groups (broad SMARTS) is 1. The lowest BCUT2D eigenvalue weighted by Crippen LogP contribution is -2.46. The van der Waals surface area contributed by atoms with E-state index < -0.39 is 35.1 Å². The van der Waals surface area contributed by atoms with Crippen LogP contribution in [0.5, 0.6) is 0 Å². The number of anilines is 5. The lowest BCUT2D eigenvalue weighted by atomic mass is 10.1. The largest absolute Gasteiger partial charge is 0.465 e. The van der Waals surface area contributed by atoms with Gasteiger partial charge in [-0.05, 0) is 56.7 Å². The minimum absolute atomic E-state index is 0.0862. The van der Waals surface area contributed by atoms with Gasteiger partial charge in [-0.15, -0.1) is 0 Å². The van der Waals surface area contributed by atoms with Crippen LogP contribution in [0.4, 0.5) is 47.1 Å². The predicted octanol–water partition coefficient (Wildman–Crippen LogP) is 6.07. The standard InChI is InChI=1S/C31H34F3N9O3/c1-30(2,3)43(29(45)46)16-14-21-13-15-36-27(39-21)37-17-19-9-11-20(12-10-19)40-28-38-18-23(31(32,33)34)25(42-28)41-24-8-6-5-7-22(24)26(44)35-4/h5-13,15,18H,14,16-17H2,1-4H3,(H,35,44)(H,45,46)(H,36,37,39)(H2,38,40,41,42). The van der Waals surface area contributed by atoms with E-state index in [1.165, 1.54) is 24.1 Å². The second-order valence-corrected chi connectivity index (χ2v) is 11.1. The third-order valence-corrected chi connectivity index (χ3v) is 6.75. The van der Waals surface area contributed by atoms with Gasteiger partial charge in [0.25, 0.3) is 5.91 Å². The number of amides is 2. The van der Waals surface area contributed by atoms with Gasteiger partial charge in [0.15, 0.2) is 0 Å². The van der Waals surface area contributed by atoms with E-state index in [2.05, 4.69) is 41.2 Å². The van der Waals surface area contributed by atoms with Gasteiger partial charge in [-0.25, -0.2) is 19.7 Å². The maximum atomic E-state index is 13.8. The average molecular weight is 638 g/mol. The zero-order chi connectivity index (χ0) is 33.5. The third-order valence-electron chi connectivity index (χ3n) is 6.75. The monoisotopic (exact) mass is 637 g/mol. The molecule has 242 valence electrons. The fourth-order valence-electron chi connectivity index (χ4n) is 4.38. The molecule has 12 nitrogen and oxygen atoms in total. The highest BCUT2D eigenvalue weighted by molar-refractivity contribution is 6.00. The molecule has 4 aromatic rings. The fraction of sp³-hybridized carbons (Fsp3) is 0.290. The van der Waals surface area contributed by atoms with Gasteiger partial charge >= 0.3 is 12.3 Å². The van der Waals surface area contributed by atoms with Crippen LogP contribution in [0.3, 0.4) is 0 Å². The van der Waals surface area contributed by atoms with Crippen LogP contribution in [-0.2, 0) is 19.1 Å². The van der Waals surface area contributed by atoms with Gasteiger partial charge in [-0.3, -0.25) is 4.79 Å². The van der Waals surface area contributed by atoms with Crippen molar-refractivity contribution in [3.05, 3.63) is 89.4 Å². The summed E-state index contributed by atoms with van der Waals surface area (Å²) in [6.45, 7) is 6.15. The van der Waals surface area contributed by atoms with Crippen molar-refractivity contribution in [2.24, 2.45) is 0 Å². The van der Waals surface area contributed by atoms with Crippen molar-refractivity contribution >= 4 is 41.1 Å². The van der Waals surface area contributed by atoms with Gasteiger partial charge in [0, 0.05) is 55.9 Å². The Morgan fingerprint density at radius 2 is 1.63 bits per heavy atom. The zero-order valence-corrected chi connectivity index (χ0v) is 25.6. The molecule has 4 rings (SSSR count). The van der Waals surface area contributed by atoms with Crippen LogP contribution in [0, 0.1) is 0 Å². The summed E-state index contributed by atoms with van der Waals surface area (Å²) in [6, 6.07) is 14.9. The molecule has 0 aliphatic heterocycles. The number of rotatable bonds is 11. The first-order valence-electron chi connectivity index (χ1n) is 14.2. The van der Waals surface area contributed by atoms with Gasteiger partial charge in [0.2, 0.25) is 11.9 Å². The van der Waals surface area contributed by atoms with Gasteiger partial charge in [0.05, 0.1) is 11.3 Å². The highest BCUT2D eigenvalue weighted by Crippen LogP contribution is 2.36. The highest BCUT2D eigenvalue weighted by Gasteiger charge is 2.35. The van der Waals surface area contributed by atoms with Crippen molar-refractivity contribution in [3.8, 4) is 0 Å². The molecular formula is C31H34F3N9O3. The topological polar surface area (TPSA) is 157 Å². The number of hydrogen-bond donors (Lipinski definition) is 5. The smallest absolute Gasteiger partial charge is 0.421 e. The van der Waals surface area contributed by atoms with E-state index in [4.69, 9.17) is 0 Å². The Bertz CT molecular complexity index is 1680. The minimum atomic E-state index is -4.74. The molecule has 0 spiro atoms. The summed E-state index contributed by atoms with van der Waals surface area (Å²) in [5.74, 6) is -0.690. The number of carbonyl (C=O) groups excluding carboxylic acids is 1. The Kier molecular flexibility index (Phi) is 10.2. The first-order valence-corrected chi connectivity index (χ1v) is 14.2. The summed E-state index contributed by atoms with van der Waals surface area (Å²) in [5.41, 5.74) is 0.749. The molecule has 2 aromatic heterocycles. The highest BCUT2D eigenvalue weighted by atomic mass is 19.4. The van der Waals surface area contributed by atoms with Crippen LogP contribution < -0.4 is 21.3 Å². The molecule has 46 heavy (non-hydrogen) atoms. The molecule has 2 aromatic carbocycles. The first-order chi connectivity index (χ1) is 21.7. The summed E-state index contributed by atoms with van der Waals surface area (Å²) in [5, 5.41) is 20.7. The van der Waals surface area contributed by atoms with E-state index >= 15 is 0 Å². The minimum Gasteiger partial charge on any atom is -0.465 e. The maximum absolute atomic E-state index is 13.8. The lowest BCUT2D eigenvalue weighted by Gasteiger charge is -2.33. The maximum Gasteiger partial charge on any atom is 0.421 e. The summed E-state index contributed by atoms with van der Waals surface area (Å²) >= 11 is 0. The number of carbonyl (C=O) groups is 2. The SMILES string of the molecule is CNC(=O)c1ccccc1Nc1nc(Nc2ccc(CNc3nccc(CCN(C(=O)O)C(C)(C)C)n3)cc2)ncc1C(F)(F)F.